The second-order valence-electron chi connectivity index (χ2n) is 7.57. The van der Waals surface area contributed by atoms with Crippen molar-refractivity contribution >= 4 is 17.5 Å². The maximum absolute atomic E-state index is 12.9. The minimum absolute atomic E-state index is 0.214. The van der Waals surface area contributed by atoms with Crippen molar-refractivity contribution in [1.82, 2.24) is 10.2 Å². The highest BCUT2D eigenvalue weighted by Crippen LogP contribution is 2.38. The molecule has 0 unspecified atom stereocenters. The van der Waals surface area contributed by atoms with Gasteiger partial charge in [0.25, 0.3) is 11.8 Å². The molecule has 0 aliphatic carbocycles. The van der Waals surface area contributed by atoms with Crippen LogP contribution in [0, 0.1) is 0 Å². The average Bonchev–Trinajstić information content (AvgIpc) is 2.81. The summed E-state index contributed by atoms with van der Waals surface area (Å²) in [4.78, 5) is 28.6. The minimum Gasteiger partial charge on any atom is -0.493 e. The number of carbonyl (C=O) groups excluding carboxylic acids is 2. The second-order valence-corrected chi connectivity index (χ2v) is 7.57. The number of piperazine rings is 1. The summed E-state index contributed by atoms with van der Waals surface area (Å²) in [6.07, 6.45) is 0. The van der Waals surface area contributed by atoms with Crippen LogP contribution in [-0.4, -0.2) is 70.8 Å². The molecule has 0 spiro atoms. The number of nitrogens with one attached hydrogen (secondary N) is 1. The van der Waals surface area contributed by atoms with E-state index in [1.165, 1.54) is 14.2 Å². The molecule has 3 rings (SSSR count). The van der Waals surface area contributed by atoms with E-state index < -0.39 is 5.91 Å². The van der Waals surface area contributed by atoms with Crippen LogP contribution in [0.4, 0.5) is 5.69 Å². The van der Waals surface area contributed by atoms with Gasteiger partial charge in [0.15, 0.2) is 18.1 Å². The molecule has 1 aliphatic rings. The predicted octanol–water partition coefficient (Wildman–Crippen LogP) is 1.25. The fourth-order valence-corrected chi connectivity index (χ4v) is 3.59. The van der Waals surface area contributed by atoms with Gasteiger partial charge in [-0.15, -0.1) is 0 Å². The van der Waals surface area contributed by atoms with Gasteiger partial charge in [0.1, 0.15) is 0 Å². The summed E-state index contributed by atoms with van der Waals surface area (Å²) in [7, 11) is 5.01. The van der Waals surface area contributed by atoms with Gasteiger partial charge in [0.2, 0.25) is 5.75 Å². The van der Waals surface area contributed by atoms with Gasteiger partial charge in [0.05, 0.1) is 14.2 Å². The van der Waals surface area contributed by atoms with Crippen molar-refractivity contribution in [3.63, 3.8) is 0 Å². The summed E-state index contributed by atoms with van der Waals surface area (Å²) >= 11 is 0. The Morgan fingerprint density at radius 2 is 1.66 bits per heavy atom. The SMILES string of the molecule is COc1cc(C(=O)NCc2ccccc2N2CCN(C)CC2)cc(OC)c1OCC(N)=O. The lowest BCUT2D eigenvalue weighted by Gasteiger charge is -2.35. The first-order valence-corrected chi connectivity index (χ1v) is 10.4. The Kier molecular flexibility index (Phi) is 7.77. The highest BCUT2D eigenvalue weighted by atomic mass is 16.5. The molecule has 32 heavy (non-hydrogen) atoms. The fourth-order valence-electron chi connectivity index (χ4n) is 3.59. The van der Waals surface area contributed by atoms with Gasteiger partial charge in [-0.25, -0.2) is 0 Å². The number of hydrogen-bond donors (Lipinski definition) is 2. The van der Waals surface area contributed by atoms with E-state index in [2.05, 4.69) is 28.2 Å². The molecule has 1 aliphatic heterocycles. The molecule has 0 atom stereocenters. The number of methoxy groups -OCH3 is 2. The third kappa shape index (κ3) is 5.61. The standard InChI is InChI=1S/C23H30N4O5/c1-26-8-10-27(11-9-26)18-7-5-4-6-16(18)14-25-23(29)17-12-19(30-2)22(20(13-17)31-3)32-15-21(24)28/h4-7,12-13H,8-11,14-15H2,1-3H3,(H2,24,28)(H,25,29). The van der Waals surface area contributed by atoms with E-state index in [4.69, 9.17) is 19.9 Å². The van der Waals surface area contributed by atoms with Gasteiger partial charge in [-0.3, -0.25) is 9.59 Å². The predicted molar refractivity (Wildman–Crippen MR) is 122 cm³/mol. The van der Waals surface area contributed by atoms with Gasteiger partial charge >= 0.3 is 0 Å². The lowest BCUT2D eigenvalue weighted by molar-refractivity contribution is -0.120. The van der Waals surface area contributed by atoms with Crippen LogP contribution in [0.15, 0.2) is 36.4 Å². The monoisotopic (exact) mass is 442 g/mol. The molecule has 0 saturated carbocycles. The number of nitrogens with two attached hydrogens (primary N) is 1. The lowest BCUT2D eigenvalue weighted by Crippen LogP contribution is -2.45. The molecule has 2 amide bonds. The molecule has 9 nitrogen and oxygen atoms in total. The van der Waals surface area contributed by atoms with Crippen LogP contribution in [0.2, 0.25) is 0 Å². The Morgan fingerprint density at radius 1 is 1.03 bits per heavy atom. The number of carbonyl (C=O) groups is 2. The van der Waals surface area contributed by atoms with E-state index in [1.54, 1.807) is 12.1 Å². The second kappa shape index (κ2) is 10.7. The largest absolute Gasteiger partial charge is 0.493 e. The van der Waals surface area contributed by atoms with Crippen molar-refractivity contribution in [2.75, 3.05) is 59.0 Å². The minimum atomic E-state index is -0.630. The van der Waals surface area contributed by atoms with Crippen molar-refractivity contribution in [3.8, 4) is 17.2 Å². The van der Waals surface area contributed by atoms with Crippen LogP contribution in [0.25, 0.3) is 0 Å². The zero-order chi connectivity index (χ0) is 23.1. The summed E-state index contributed by atoms with van der Waals surface area (Å²) in [5.74, 6) is -0.154. The molecule has 2 aromatic rings. The number of hydrogen-bond acceptors (Lipinski definition) is 7. The topological polar surface area (TPSA) is 106 Å². The number of ether oxygens (including phenoxy) is 3. The smallest absolute Gasteiger partial charge is 0.255 e. The first-order valence-electron chi connectivity index (χ1n) is 10.4. The third-order valence-corrected chi connectivity index (χ3v) is 5.36. The number of nitrogens with zero attached hydrogens (tertiary/aromatic N) is 2. The Bertz CT molecular complexity index is 932. The maximum atomic E-state index is 12.9. The number of rotatable bonds is 9. The normalized spacial score (nSPS) is 14.0. The average molecular weight is 443 g/mol. The Labute approximate surface area is 188 Å². The molecule has 3 N–H and O–H groups in total. The molecule has 1 fully saturated rings. The molecule has 1 heterocycles. The molecule has 0 bridgehead atoms. The van der Waals surface area contributed by atoms with E-state index in [0.29, 0.717) is 12.1 Å². The Balaban J connectivity index is 1.75. The summed E-state index contributed by atoms with van der Waals surface area (Å²) in [6, 6.07) is 11.2. The first kappa shape index (κ1) is 23.2. The molecule has 0 radical (unpaired) electrons. The summed E-state index contributed by atoms with van der Waals surface area (Å²) in [5.41, 5.74) is 7.68. The molecule has 172 valence electrons. The van der Waals surface area contributed by atoms with Crippen molar-refractivity contribution in [2.24, 2.45) is 5.73 Å². The summed E-state index contributed by atoms with van der Waals surface area (Å²) in [5, 5.41) is 2.97. The zero-order valence-corrected chi connectivity index (χ0v) is 18.7. The number of benzene rings is 2. The first-order chi connectivity index (χ1) is 15.4. The van der Waals surface area contributed by atoms with E-state index in [0.717, 1.165) is 37.4 Å². The van der Waals surface area contributed by atoms with Gasteiger partial charge in [0, 0.05) is 44.0 Å². The quantitative estimate of drug-likeness (QED) is 0.602. The number of amides is 2. The molecule has 9 heteroatoms. The van der Waals surface area contributed by atoms with E-state index in [-0.39, 0.29) is 29.8 Å². The fraction of sp³-hybridized carbons (Fsp3) is 0.391. The Morgan fingerprint density at radius 3 is 2.25 bits per heavy atom. The van der Waals surface area contributed by atoms with Crippen molar-refractivity contribution in [1.29, 1.82) is 0 Å². The van der Waals surface area contributed by atoms with Crippen LogP contribution < -0.4 is 30.2 Å². The van der Waals surface area contributed by atoms with Gasteiger partial charge < -0.3 is 35.1 Å². The van der Waals surface area contributed by atoms with Crippen LogP contribution in [-0.2, 0) is 11.3 Å². The summed E-state index contributed by atoms with van der Waals surface area (Å²) < 4.78 is 16.1. The number of likely N-dealkylation sites (N-methyl/N-ethyl adjacent to an activating group) is 1. The van der Waals surface area contributed by atoms with Crippen LogP contribution in [0.1, 0.15) is 15.9 Å². The van der Waals surface area contributed by atoms with E-state index in [9.17, 15) is 9.59 Å². The zero-order valence-electron chi connectivity index (χ0n) is 18.7. The van der Waals surface area contributed by atoms with Crippen molar-refractivity contribution in [2.45, 2.75) is 6.54 Å². The van der Waals surface area contributed by atoms with E-state index >= 15 is 0 Å². The van der Waals surface area contributed by atoms with Gasteiger partial charge in [-0.05, 0) is 30.8 Å². The van der Waals surface area contributed by atoms with Crippen molar-refractivity contribution < 1.29 is 23.8 Å². The lowest BCUT2D eigenvalue weighted by atomic mass is 10.1. The number of para-hydroxylation sites is 1. The van der Waals surface area contributed by atoms with Gasteiger partial charge in [-0.2, -0.15) is 0 Å². The number of anilines is 1. The molecule has 0 aromatic heterocycles. The highest BCUT2D eigenvalue weighted by molar-refractivity contribution is 5.95. The molecule has 2 aromatic carbocycles. The molecular weight excluding hydrogens is 412 g/mol. The van der Waals surface area contributed by atoms with Crippen LogP contribution >= 0.6 is 0 Å². The number of primary amides is 1. The Hall–Kier alpha value is -3.46. The van der Waals surface area contributed by atoms with Crippen molar-refractivity contribution in [3.05, 3.63) is 47.5 Å². The molecule has 1 saturated heterocycles. The maximum Gasteiger partial charge on any atom is 0.255 e. The van der Waals surface area contributed by atoms with Gasteiger partial charge in [-0.1, -0.05) is 18.2 Å². The molecular formula is C23H30N4O5. The van der Waals surface area contributed by atoms with E-state index in [1.807, 2.05) is 18.2 Å². The van der Waals surface area contributed by atoms with Crippen LogP contribution in [0.3, 0.4) is 0 Å². The summed E-state index contributed by atoms with van der Waals surface area (Å²) in [6.45, 7) is 3.95. The third-order valence-electron chi connectivity index (χ3n) is 5.36. The van der Waals surface area contributed by atoms with Crippen LogP contribution in [0.5, 0.6) is 17.2 Å². The highest BCUT2D eigenvalue weighted by Gasteiger charge is 2.20.